The van der Waals surface area contributed by atoms with Crippen LogP contribution in [0.2, 0.25) is 0 Å². The first-order chi connectivity index (χ1) is 18.3. The van der Waals surface area contributed by atoms with Crippen LogP contribution in [-0.2, 0) is 11.3 Å². The van der Waals surface area contributed by atoms with Crippen molar-refractivity contribution in [3.63, 3.8) is 0 Å². The van der Waals surface area contributed by atoms with Crippen molar-refractivity contribution in [1.29, 1.82) is 0 Å². The number of carbonyl (C=O) groups excluding carboxylic acids is 1. The van der Waals surface area contributed by atoms with Crippen LogP contribution in [0.1, 0.15) is 51.3 Å². The highest BCUT2D eigenvalue weighted by Crippen LogP contribution is 2.34. The summed E-state index contributed by atoms with van der Waals surface area (Å²) in [7, 11) is 1.90. The quantitative estimate of drug-likeness (QED) is 0.126. The Morgan fingerprint density at radius 1 is 0.949 bits per heavy atom. The number of carbonyl (C=O) groups is 1. The molecule has 0 unspecified atom stereocenters. The van der Waals surface area contributed by atoms with Gasteiger partial charge in [0.1, 0.15) is 5.75 Å². The number of anilines is 4. The van der Waals surface area contributed by atoms with Gasteiger partial charge in [-0.2, -0.15) is 0 Å². The first-order valence-electron chi connectivity index (χ1n) is 13.3. The summed E-state index contributed by atoms with van der Waals surface area (Å²) in [4.78, 5) is 27.8. The third-order valence-corrected chi connectivity index (χ3v) is 6.69. The maximum absolute atomic E-state index is 12.8. The lowest BCUT2D eigenvalue weighted by Gasteiger charge is -2.25. The lowest BCUT2D eigenvalue weighted by Crippen LogP contribution is -2.27. The fraction of sp³-hybridized carbons (Fsp3) is 0.387. The number of esters is 1. The van der Waals surface area contributed by atoms with Crippen molar-refractivity contribution < 1.29 is 14.5 Å². The molecule has 8 heteroatoms. The van der Waals surface area contributed by atoms with E-state index in [-0.39, 0.29) is 11.7 Å². The Morgan fingerprint density at radius 3 is 2.10 bits per heavy atom. The number of rotatable bonds is 10. The molecular formula is C31H40N4O4. The highest BCUT2D eigenvalue weighted by Gasteiger charge is 2.26. The monoisotopic (exact) mass is 532 g/mol. The molecule has 0 bridgehead atoms. The number of hydrogen-bond donors (Lipinski definition) is 1. The van der Waals surface area contributed by atoms with Gasteiger partial charge in [-0.25, -0.2) is 0 Å². The van der Waals surface area contributed by atoms with E-state index in [1.165, 1.54) is 17.8 Å². The van der Waals surface area contributed by atoms with Crippen LogP contribution in [-0.4, -0.2) is 31.0 Å². The summed E-state index contributed by atoms with van der Waals surface area (Å²) in [6.45, 7) is 16.1. The van der Waals surface area contributed by atoms with Gasteiger partial charge in [0.25, 0.3) is 5.69 Å². The Bertz CT molecular complexity index is 1330. The third kappa shape index (κ3) is 7.28. The van der Waals surface area contributed by atoms with E-state index >= 15 is 0 Å². The average Bonchev–Trinajstić information content (AvgIpc) is 2.87. The number of hydrogen-bond acceptors (Lipinski definition) is 7. The Labute approximate surface area is 231 Å². The van der Waals surface area contributed by atoms with Crippen molar-refractivity contribution in [2.75, 3.05) is 35.3 Å². The molecule has 0 atom stereocenters. The number of ether oxygens (including phenoxy) is 1. The zero-order valence-electron chi connectivity index (χ0n) is 24.3. The zero-order chi connectivity index (χ0) is 28.9. The van der Waals surface area contributed by atoms with E-state index in [0.29, 0.717) is 12.3 Å². The van der Waals surface area contributed by atoms with Gasteiger partial charge in [-0.15, -0.1) is 0 Å². The minimum atomic E-state index is -0.658. The Kier molecular flexibility index (Phi) is 9.22. The van der Waals surface area contributed by atoms with Crippen LogP contribution in [0.4, 0.5) is 28.4 Å². The van der Waals surface area contributed by atoms with Gasteiger partial charge in [-0.3, -0.25) is 14.9 Å². The summed E-state index contributed by atoms with van der Waals surface area (Å²) >= 11 is 0. The summed E-state index contributed by atoms with van der Waals surface area (Å²) in [6.07, 6.45) is 0. The Morgan fingerprint density at radius 2 is 1.56 bits per heavy atom. The molecule has 3 rings (SSSR count). The molecule has 0 saturated heterocycles. The summed E-state index contributed by atoms with van der Waals surface area (Å²) in [5.41, 5.74) is 6.06. The number of nitrogens with zero attached hydrogens (tertiary/aromatic N) is 3. The first-order valence-corrected chi connectivity index (χ1v) is 13.3. The smallest absolute Gasteiger partial charge is 0.316 e. The molecule has 3 aromatic rings. The molecule has 8 nitrogen and oxygen atoms in total. The molecule has 0 aliphatic rings. The van der Waals surface area contributed by atoms with Crippen molar-refractivity contribution in [2.24, 2.45) is 5.41 Å². The topological polar surface area (TPSA) is 88.0 Å². The highest BCUT2D eigenvalue weighted by molar-refractivity contribution is 5.79. The van der Waals surface area contributed by atoms with Gasteiger partial charge in [0, 0.05) is 67.1 Å². The van der Waals surface area contributed by atoms with Crippen LogP contribution in [0.3, 0.4) is 0 Å². The molecule has 1 N–H and O–H groups in total. The number of non-ortho nitro benzene ring substituents is 1. The fourth-order valence-corrected chi connectivity index (χ4v) is 4.33. The van der Waals surface area contributed by atoms with Crippen LogP contribution in [0.5, 0.6) is 5.75 Å². The average molecular weight is 533 g/mol. The normalized spacial score (nSPS) is 11.2. The third-order valence-electron chi connectivity index (χ3n) is 6.69. The standard InChI is InChI=1S/C31H40N4O4/c1-9-34(10-2)27-15-16-28(21(3)18-27)32-24-17-22(4)29(39-30(36)31(5,6)7)23(19-24)20-33(8)25-11-13-26(14-12-25)35(37)38/h11-19,32H,9-10,20H2,1-8H3. The lowest BCUT2D eigenvalue weighted by molar-refractivity contribution is -0.384. The van der Waals surface area contributed by atoms with Crippen molar-refractivity contribution in [1.82, 2.24) is 0 Å². The maximum atomic E-state index is 12.8. The van der Waals surface area contributed by atoms with Crippen LogP contribution in [0, 0.1) is 29.4 Å². The molecular weight excluding hydrogens is 492 g/mol. The molecule has 0 aliphatic carbocycles. The van der Waals surface area contributed by atoms with E-state index < -0.39 is 10.3 Å². The number of aryl methyl sites for hydroxylation is 2. The number of benzene rings is 3. The van der Waals surface area contributed by atoms with Gasteiger partial charge < -0.3 is 19.9 Å². The second-order valence-corrected chi connectivity index (χ2v) is 10.8. The summed E-state index contributed by atoms with van der Waals surface area (Å²) in [6, 6.07) is 16.8. The van der Waals surface area contributed by atoms with Crippen LogP contribution < -0.4 is 19.9 Å². The van der Waals surface area contributed by atoms with E-state index in [1.54, 1.807) is 12.1 Å². The number of nitrogens with one attached hydrogen (secondary N) is 1. The molecule has 39 heavy (non-hydrogen) atoms. The van der Waals surface area contributed by atoms with Crippen molar-refractivity contribution in [3.05, 3.63) is 81.4 Å². The number of nitro benzene ring substituents is 1. The Hall–Kier alpha value is -4.07. The second kappa shape index (κ2) is 12.2. The first kappa shape index (κ1) is 29.5. The number of nitro groups is 1. The van der Waals surface area contributed by atoms with E-state index in [1.807, 2.05) is 51.8 Å². The van der Waals surface area contributed by atoms with E-state index in [0.717, 1.165) is 46.8 Å². The van der Waals surface area contributed by atoms with E-state index in [9.17, 15) is 14.9 Å². The molecule has 208 valence electrons. The molecule has 0 saturated carbocycles. The van der Waals surface area contributed by atoms with Gasteiger partial charge in [-0.1, -0.05) is 0 Å². The Balaban J connectivity index is 1.97. The minimum absolute atomic E-state index is 0.0383. The fourth-order valence-electron chi connectivity index (χ4n) is 4.33. The van der Waals surface area contributed by atoms with Crippen molar-refractivity contribution >= 4 is 34.4 Å². The summed E-state index contributed by atoms with van der Waals surface area (Å²) in [5.74, 6) is 0.219. The lowest BCUT2D eigenvalue weighted by atomic mass is 9.97. The molecule has 0 amide bonds. The van der Waals surface area contributed by atoms with Gasteiger partial charge >= 0.3 is 5.97 Å². The van der Waals surface area contributed by atoms with Crippen LogP contribution in [0.25, 0.3) is 0 Å². The van der Waals surface area contributed by atoms with E-state index in [2.05, 4.69) is 49.2 Å². The summed E-state index contributed by atoms with van der Waals surface area (Å²) in [5, 5.41) is 14.6. The molecule has 0 aromatic heterocycles. The van der Waals surface area contributed by atoms with Gasteiger partial charge in [-0.05, 0) is 102 Å². The van der Waals surface area contributed by atoms with E-state index in [4.69, 9.17) is 4.74 Å². The minimum Gasteiger partial charge on any atom is -0.425 e. The highest BCUT2D eigenvalue weighted by atomic mass is 16.6. The molecule has 0 fully saturated rings. The van der Waals surface area contributed by atoms with Crippen LogP contribution in [0.15, 0.2) is 54.6 Å². The molecule has 0 aliphatic heterocycles. The molecule has 0 radical (unpaired) electrons. The second-order valence-electron chi connectivity index (χ2n) is 10.8. The maximum Gasteiger partial charge on any atom is 0.316 e. The summed E-state index contributed by atoms with van der Waals surface area (Å²) < 4.78 is 5.94. The predicted octanol–water partition coefficient (Wildman–Crippen LogP) is 7.39. The molecule has 0 spiro atoms. The van der Waals surface area contributed by atoms with Crippen LogP contribution >= 0.6 is 0 Å². The SMILES string of the molecule is CCN(CC)c1ccc(Nc2cc(C)c(OC(=O)C(C)(C)C)c(CN(C)c3ccc([N+](=O)[O-])cc3)c2)c(C)c1. The molecule has 0 heterocycles. The predicted molar refractivity (Wildman–Crippen MR) is 159 cm³/mol. The largest absolute Gasteiger partial charge is 0.425 e. The van der Waals surface area contributed by atoms with Crippen molar-refractivity contribution in [3.8, 4) is 5.75 Å². The molecule has 3 aromatic carbocycles. The van der Waals surface area contributed by atoms with Gasteiger partial charge in [0.05, 0.1) is 10.3 Å². The van der Waals surface area contributed by atoms with Gasteiger partial charge in [0.15, 0.2) is 0 Å². The van der Waals surface area contributed by atoms with Crippen molar-refractivity contribution in [2.45, 2.75) is 55.0 Å². The van der Waals surface area contributed by atoms with Gasteiger partial charge in [0.2, 0.25) is 0 Å². The zero-order valence-corrected chi connectivity index (χ0v) is 24.3.